The van der Waals surface area contributed by atoms with E-state index < -0.39 is 0 Å². The molecule has 0 saturated heterocycles. The molecule has 0 aliphatic carbocycles. The summed E-state index contributed by atoms with van der Waals surface area (Å²) in [7, 11) is 0. The van der Waals surface area contributed by atoms with Gasteiger partial charge in [-0.15, -0.1) is 0 Å². The van der Waals surface area contributed by atoms with Crippen LogP contribution < -0.4 is 5.32 Å². The molecule has 18 heavy (non-hydrogen) atoms. The lowest BCUT2D eigenvalue weighted by atomic mass is 10.0. The molecule has 1 unspecified atom stereocenters. The minimum Gasteiger partial charge on any atom is -0.394 e. The molecule has 1 heterocycles. The highest BCUT2D eigenvalue weighted by Gasteiger charge is 2.22. The molecule has 0 radical (unpaired) electrons. The number of hydrogen-bond donors (Lipinski definition) is 2. The lowest BCUT2D eigenvalue weighted by Gasteiger charge is -2.26. The summed E-state index contributed by atoms with van der Waals surface area (Å²) in [6.45, 7) is 4.07. The lowest BCUT2D eigenvalue weighted by molar-refractivity contribution is 0.219. The molecule has 0 saturated carbocycles. The van der Waals surface area contributed by atoms with Gasteiger partial charge in [-0.3, -0.25) is 0 Å². The van der Waals surface area contributed by atoms with E-state index in [1.807, 2.05) is 44.2 Å². The Bertz CT molecular complexity index is 494. The molecule has 4 nitrogen and oxygen atoms in total. The van der Waals surface area contributed by atoms with Crippen LogP contribution in [-0.2, 0) is 0 Å². The summed E-state index contributed by atoms with van der Waals surface area (Å²) in [6.07, 6.45) is 0.823. The van der Waals surface area contributed by atoms with Crippen molar-refractivity contribution in [3.63, 3.8) is 0 Å². The fraction of sp³-hybridized carbons (Fsp3) is 0.385. The highest BCUT2D eigenvalue weighted by molar-refractivity contribution is 7.09. The summed E-state index contributed by atoms with van der Waals surface area (Å²) in [4.78, 5) is 4.45. The van der Waals surface area contributed by atoms with Crippen LogP contribution in [0.1, 0.15) is 20.3 Å². The molecule has 1 aromatic heterocycles. The molecule has 2 rings (SSSR count). The number of aromatic nitrogens is 2. The second-order valence-corrected chi connectivity index (χ2v) is 5.24. The minimum atomic E-state index is -0.340. The van der Waals surface area contributed by atoms with Crippen LogP contribution in [-0.4, -0.2) is 26.6 Å². The van der Waals surface area contributed by atoms with Crippen molar-refractivity contribution in [3.8, 4) is 11.4 Å². The van der Waals surface area contributed by atoms with Crippen molar-refractivity contribution in [2.75, 3.05) is 11.9 Å². The van der Waals surface area contributed by atoms with Crippen molar-refractivity contribution in [1.82, 2.24) is 9.36 Å². The molecule has 1 atom stereocenters. The van der Waals surface area contributed by atoms with Gasteiger partial charge in [0.2, 0.25) is 5.13 Å². The maximum absolute atomic E-state index is 9.36. The average molecular weight is 263 g/mol. The van der Waals surface area contributed by atoms with Crippen LogP contribution >= 0.6 is 11.5 Å². The molecule has 2 N–H and O–H groups in total. The number of rotatable bonds is 5. The van der Waals surface area contributed by atoms with Crippen LogP contribution in [0.25, 0.3) is 11.4 Å². The van der Waals surface area contributed by atoms with E-state index in [9.17, 15) is 5.11 Å². The Balaban J connectivity index is 2.16. The Morgan fingerprint density at radius 3 is 2.67 bits per heavy atom. The zero-order valence-corrected chi connectivity index (χ0v) is 11.4. The second-order valence-electron chi connectivity index (χ2n) is 4.49. The molecule has 2 aromatic rings. The van der Waals surface area contributed by atoms with Crippen molar-refractivity contribution in [2.24, 2.45) is 0 Å². The van der Waals surface area contributed by atoms with Crippen molar-refractivity contribution >= 4 is 16.7 Å². The van der Waals surface area contributed by atoms with E-state index in [-0.39, 0.29) is 12.1 Å². The van der Waals surface area contributed by atoms with Gasteiger partial charge < -0.3 is 10.4 Å². The zero-order valence-electron chi connectivity index (χ0n) is 10.6. The Morgan fingerprint density at radius 2 is 2.06 bits per heavy atom. The number of hydrogen-bond acceptors (Lipinski definition) is 5. The summed E-state index contributed by atoms with van der Waals surface area (Å²) in [5, 5.41) is 13.3. The monoisotopic (exact) mass is 263 g/mol. The summed E-state index contributed by atoms with van der Waals surface area (Å²) in [6, 6.07) is 9.86. The largest absolute Gasteiger partial charge is 0.394 e. The van der Waals surface area contributed by atoms with Crippen LogP contribution in [0, 0.1) is 0 Å². The molecule has 0 spiro atoms. The van der Waals surface area contributed by atoms with Crippen molar-refractivity contribution in [3.05, 3.63) is 30.3 Å². The third-order valence-electron chi connectivity index (χ3n) is 3.00. The molecule has 0 fully saturated rings. The number of nitrogens with one attached hydrogen (secondary N) is 1. The Hall–Kier alpha value is -1.46. The molecular weight excluding hydrogens is 246 g/mol. The van der Waals surface area contributed by atoms with Gasteiger partial charge in [0.25, 0.3) is 0 Å². The van der Waals surface area contributed by atoms with Crippen molar-refractivity contribution in [2.45, 2.75) is 25.8 Å². The van der Waals surface area contributed by atoms with Gasteiger partial charge >= 0.3 is 0 Å². The molecule has 5 heteroatoms. The van der Waals surface area contributed by atoms with Crippen LogP contribution in [0.3, 0.4) is 0 Å². The van der Waals surface area contributed by atoms with E-state index in [1.165, 1.54) is 11.5 Å². The minimum absolute atomic E-state index is 0.0732. The Morgan fingerprint density at radius 1 is 1.33 bits per heavy atom. The van der Waals surface area contributed by atoms with Gasteiger partial charge in [0.05, 0.1) is 12.1 Å². The molecular formula is C13H17N3OS. The van der Waals surface area contributed by atoms with E-state index >= 15 is 0 Å². The van der Waals surface area contributed by atoms with E-state index in [0.29, 0.717) is 0 Å². The maximum Gasteiger partial charge on any atom is 0.203 e. The highest BCUT2D eigenvalue weighted by atomic mass is 32.1. The first-order valence-electron chi connectivity index (χ1n) is 5.95. The molecule has 0 aliphatic heterocycles. The van der Waals surface area contributed by atoms with E-state index in [2.05, 4.69) is 14.7 Å². The predicted octanol–water partition coefficient (Wildman–Crippen LogP) is 2.78. The summed E-state index contributed by atoms with van der Waals surface area (Å²) < 4.78 is 4.33. The quantitative estimate of drug-likeness (QED) is 0.871. The predicted molar refractivity (Wildman–Crippen MR) is 74.7 cm³/mol. The fourth-order valence-electron chi connectivity index (χ4n) is 1.48. The van der Waals surface area contributed by atoms with Gasteiger partial charge in [-0.05, 0) is 13.3 Å². The van der Waals surface area contributed by atoms with Gasteiger partial charge in [0.15, 0.2) is 5.82 Å². The third-order valence-corrected chi connectivity index (χ3v) is 3.63. The second kappa shape index (κ2) is 5.46. The smallest absolute Gasteiger partial charge is 0.203 e. The number of aliphatic hydroxyl groups is 1. The number of aliphatic hydroxyl groups excluding tert-OH is 1. The van der Waals surface area contributed by atoms with Gasteiger partial charge in [-0.1, -0.05) is 37.3 Å². The molecule has 0 aliphatic rings. The van der Waals surface area contributed by atoms with Crippen LogP contribution in [0.15, 0.2) is 30.3 Å². The molecule has 1 aromatic carbocycles. The van der Waals surface area contributed by atoms with E-state index in [4.69, 9.17) is 0 Å². The van der Waals surface area contributed by atoms with Gasteiger partial charge in [-0.2, -0.15) is 9.36 Å². The van der Waals surface area contributed by atoms with Gasteiger partial charge in [0.1, 0.15) is 0 Å². The van der Waals surface area contributed by atoms with E-state index in [1.54, 1.807) is 0 Å². The Kier molecular flexibility index (Phi) is 3.93. The molecule has 0 amide bonds. The van der Waals surface area contributed by atoms with Gasteiger partial charge in [-0.25, -0.2) is 0 Å². The first-order chi connectivity index (χ1) is 8.67. The first-order valence-corrected chi connectivity index (χ1v) is 6.72. The summed E-state index contributed by atoms with van der Waals surface area (Å²) >= 11 is 1.32. The maximum atomic E-state index is 9.36. The topological polar surface area (TPSA) is 58.0 Å². The summed E-state index contributed by atoms with van der Waals surface area (Å²) in [5.74, 6) is 0.722. The van der Waals surface area contributed by atoms with Crippen molar-refractivity contribution in [1.29, 1.82) is 0 Å². The number of anilines is 1. The fourth-order valence-corrected chi connectivity index (χ4v) is 2.22. The van der Waals surface area contributed by atoms with E-state index in [0.717, 1.165) is 22.9 Å². The number of nitrogens with zero attached hydrogens (tertiary/aromatic N) is 2. The standard InChI is InChI=1S/C13H17N3OS/c1-3-13(2,9-17)15-12-14-11(16-18-12)10-7-5-4-6-8-10/h4-8,17H,3,9H2,1-2H3,(H,14,15,16). The zero-order chi connectivity index (χ0) is 13.0. The summed E-state index contributed by atoms with van der Waals surface area (Å²) in [5.41, 5.74) is 0.664. The lowest BCUT2D eigenvalue weighted by Crippen LogP contribution is -2.37. The first kappa shape index (κ1) is 13.0. The van der Waals surface area contributed by atoms with Crippen LogP contribution in [0.5, 0.6) is 0 Å². The van der Waals surface area contributed by atoms with Crippen molar-refractivity contribution < 1.29 is 5.11 Å². The third kappa shape index (κ3) is 2.86. The molecule has 96 valence electrons. The van der Waals surface area contributed by atoms with Gasteiger partial charge in [0, 0.05) is 17.1 Å². The molecule has 0 bridgehead atoms. The highest BCUT2D eigenvalue weighted by Crippen LogP contribution is 2.24. The van der Waals surface area contributed by atoms with Crippen LogP contribution in [0.4, 0.5) is 5.13 Å². The average Bonchev–Trinajstić information content (AvgIpc) is 2.88. The Labute approximate surface area is 111 Å². The SMILES string of the molecule is CCC(C)(CO)Nc1nc(-c2ccccc2)ns1. The van der Waals surface area contributed by atoms with Crippen LogP contribution in [0.2, 0.25) is 0 Å². The number of benzene rings is 1. The normalized spacial score (nSPS) is 14.2.